The molecule has 0 spiro atoms. The van der Waals surface area contributed by atoms with Gasteiger partial charge in [-0.3, -0.25) is 0 Å². The van der Waals surface area contributed by atoms with Gasteiger partial charge in [0.2, 0.25) is 0 Å². The smallest absolute Gasteiger partial charge is 0.494 e. The van der Waals surface area contributed by atoms with Crippen LogP contribution in [0.1, 0.15) is 27.7 Å². The van der Waals surface area contributed by atoms with Gasteiger partial charge in [0.1, 0.15) is 5.76 Å². The predicted octanol–water partition coefficient (Wildman–Crippen LogP) is 3.15. The number of hydrogen-bond donors (Lipinski definition) is 1. The van der Waals surface area contributed by atoms with E-state index in [1.165, 1.54) is 0 Å². The first kappa shape index (κ1) is 12.9. The third-order valence-electron chi connectivity index (χ3n) is 3.45. The SMILES string of the molecule is CC1(C)OB(C2=CPC=C(O)C=C2)OC1(C)C. The molecule has 1 unspecified atom stereocenters. The van der Waals surface area contributed by atoms with Gasteiger partial charge in [0.25, 0.3) is 0 Å². The predicted molar refractivity (Wildman–Crippen MR) is 72.3 cm³/mol. The Morgan fingerprint density at radius 1 is 1.06 bits per heavy atom. The zero-order valence-electron chi connectivity index (χ0n) is 10.7. The summed E-state index contributed by atoms with van der Waals surface area (Å²) < 4.78 is 11.9. The van der Waals surface area contributed by atoms with E-state index in [-0.39, 0.29) is 18.3 Å². The van der Waals surface area contributed by atoms with Crippen LogP contribution in [0.3, 0.4) is 0 Å². The summed E-state index contributed by atoms with van der Waals surface area (Å²) in [5.41, 5.74) is 0.330. The number of aliphatic hydroxyl groups is 1. The van der Waals surface area contributed by atoms with Crippen LogP contribution in [-0.2, 0) is 9.31 Å². The highest BCUT2D eigenvalue weighted by molar-refractivity contribution is 7.45. The van der Waals surface area contributed by atoms with Gasteiger partial charge in [-0.1, -0.05) is 20.5 Å². The van der Waals surface area contributed by atoms with Crippen LogP contribution >= 0.6 is 8.58 Å². The van der Waals surface area contributed by atoms with Gasteiger partial charge in [0.05, 0.1) is 11.2 Å². The number of hydrogen-bond acceptors (Lipinski definition) is 3. The van der Waals surface area contributed by atoms with Crippen molar-refractivity contribution in [3.63, 3.8) is 0 Å². The molecular formula is C12H18BO3P. The molecule has 0 aromatic carbocycles. The van der Waals surface area contributed by atoms with E-state index in [1.54, 1.807) is 11.9 Å². The van der Waals surface area contributed by atoms with Gasteiger partial charge in [-0.2, -0.15) is 0 Å². The summed E-state index contributed by atoms with van der Waals surface area (Å²) in [6.07, 6.45) is 3.53. The van der Waals surface area contributed by atoms with Crippen molar-refractivity contribution >= 4 is 15.7 Å². The Labute approximate surface area is 105 Å². The summed E-state index contributed by atoms with van der Waals surface area (Å²) in [4.78, 5) is 0. The molecule has 1 N–H and O–H groups in total. The average molecular weight is 252 g/mol. The Kier molecular flexibility index (Phi) is 3.24. The molecule has 1 saturated heterocycles. The van der Waals surface area contributed by atoms with Gasteiger partial charge in [0, 0.05) is 0 Å². The van der Waals surface area contributed by atoms with E-state index in [9.17, 15) is 5.11 Å². The van der Waals surface area contributed by atoms with Crippen LogP contribution in [0, 0.1) is 0 Å². The monoisotopic (exact) mass is 252 g/mol. The first-order valence-corrected chi connectivity index (χ1v) is 6.86. The maximum Gasteiger partial charge on any atom is 0.494 e. The molecule has 92 valence electrons. The lowest BCUT2D eigenvalue weighted by molar-refractivity contribution is 0.00578. The van der Waals surface area contributed by atoms with Crippen LogP contribution in [0.15, 0.2) is 35.0 Å². The molecular weight excluding hydrogens is 234 g/mol. The minimum Gasteiger partial charge on any atom is -0.508 e. The second-order valence-electron chi connectivity index (χ2n) is 5.30. The molecule has 0 aromatic rings. The normalized spacial score (nSPS) is 27.9. The van der Waals surface area contributed by atoms with Crippen LogP contribution in [0.25, 0.3) is 0 Å². The molecule has 5 heteroatoms. The van der Waals surface area contributed by atoms with Crippen LogP contribution in [0.4, 0.5) is 0 Å². The van der Waals surface area contributed by atoms with Gasteiger partial charge in [-0.05, 0) is 45.1 Å². The van der Waals surface area contributed by atoms with Crippen molar-refractivity contribution in [2.24, 2.45) is 0 Å². The second-order valence-corrected chi connectivity index (χ2v) is 6.21. The van der Waals surface area contributed by atoms with Crippen molar-refractivity contribution in [2.45, 2.75) is 38.9 Å². The van der Waals surface area contributed by atoms with Crippen LogP contribution < -0.4 is 0 Å². The molecule has 0 radical (unpaired) electrons. The van der Waals surface area contributed by atoms with Crippen LogP contribution in [0.5, 0.6) is 0 Å². The van der Waals surface area contributed by atoms with E-state index >= 15 is 0 Å². The van der Waals surface area contributed by atoms with E-state index in [0.717, 1.165) is 5.47 Å². The third-order valence-corrected chi connectivity index (χ3v) is 4.42. The van der Waals surface area contributed by atoms with Crippen molar-refractivity contribution in [1.82, 2.24) is 0 Å². The van der Waals surface area contributed by atoms with Gasteiger partial charge in [-0.25, -0.2) is 0 Å². The fourth-order valence-corrected chi connectivity index (χ4v) is 2.40. The Hall–Kier alpha value is -0.565. The van der Waals surface area contributed by atoms with Crippen LogP contribution in [0.2, 0.25) is 0 Å². The highest BCUT2D eigenvalue weighted by Gasteiger charge is 2.51. The van der Waals surface area contributed by atoms with Gasteiger partial charge in [-0.15, -0.1) is 0 Å². The maximum atomic E-state index is 9.42. The molecule has 17 heavy (non-hydrogen) atoms. The van der Waals surface area contributed by atoms with Gasteiger partial charge in [0.15, 0.2) is 0 Å². The summed E-state index contributed by atoms with van der Waals surface area (Å²) in [6.45, 7) is 8.13. The fraction of sp³-hybridized carbons (Fsp3) is 0.500. The molecule has 0 saturated carbocycles. The van der Waals surface area contributed by atoms with E-state index < -0.39 is 0 Å². The van der Waals surface area contributed by atoms with Crippen molar-refractivity contribution in [1.29, 1.82) is 0 Å². The average Bonchev–Trinajstić information content (AvgIpc) is 2.39. The van der Waals surface area contributed by atoms with E-state index in [4.69, 9.17) is 9.31 Å². The Bertz CT molecular complexity index is 394. The zero-order valence-corrected chi connectivity index (χ0v) is 11.7. The molecule has 1 atom stereocenters. The third kappa shape index (κ3) is 2.49. The topological polar surface area (TPSA) is 38.7 Å². The fourth-order valence-electron chi connectivity index (χ4n) is 1.63. The summed E-state index contributed by atoms with van der Waals surface area (Å²) >= 11 is 0. The molecule has 0 aromatic heterocycles. The maximum absolute atomic E-state index is 9.42. The second kappa shape index (κ2) is 4.27. The quantitative estimate of drug-likeness (QED) is 0.575. The number of rotatable bonds is 1. The summed E-state index contributed by atoms with van der Waals surface area (Å²) in [6, 6.07) is 0. The molecule has 3 nitrogen and oxygen atoms in total. The van der Waals surface area contributed by atoms with Crippen molar-refractivity contribution in [3.8, 4) is 0 Å². The molecule has 2 aliphatic heterocycles. The van der Waals surface area contributed by atoms with E-state index in [1.807, 2.05) is 39.6 Å². The molecule has 0 amide bonds. The molecule has 0 bridgehead atoms. The molecule has 2 rings (SSSR count). The van der Waals surface area contributed by atoms with Gasteiger partial charge < -0.3 is 14.4 Å². The minimum atomic E-state index is -0.344. The van der Waals surface area contributed by atoms with E-state index in [2.05, 4.69) is 0 Å². The highest BCUT2D eigenvalue weighted by atomic mass is 31.1. The standard InChI is InChI=1S/C12H18BO3P/c1-11(2)12(3,4)16-13(15-11)9-5-6-10(14)8-17-7-9/h5-8,14,17H,1-4H3. The highest BCUT2D eigenvalue weighted by Crippen LogP contribution is 2.39. The lowest BCUT2D eigenvalue weighted by Gasteiger charge is -2.32. The Balaban J connectivity index is 2.17. The number of allylic oxidation sites excluding steroid dienone is 3. The lowest BCUT2D eigenvalue weighted by atomic mass is 9.79. The molecule has 1 fully saturated rings. The van der Waals surface area contributed by atoms with Gasteiger partial charge >= 0.3 is 7.12 Å². The largest absolute Gasteiger partial charge is 0.508 e. The van der Waals surface area contributed by atoms with Crippen molar-refractivity contribution < 1.29 is 14.4 Å². The van der Waals surface area contributed by atoms with Crippen molar-refractivity contribution in [3.05, 3.63) is 35.0 Å². The lowest BCUT2D eigenvalue weighted by Crippen LogP contribution is -2.41. The van der Waals surface area contributed by atoms with Crippen LogP contribution in [-0.4, -0.2) is 23.4 Å². The van der Waals surface area contributed by atoms with E-state index in [0.29, 0.717) is 14.3 Å². The van der Waals surface area contributed by atoms with Crippen molar-refractivity contribution in [2.75, 3.05) is 0 Å². The molecule has 2 aliphatic rings. The summed E-state index contributed by atoms with van der Waals surface area (Å²) in [5.74, 6) is 4.13. The molecule has 0 aliphatic carbocycles. The Morgan fingerprint density at radius 2 is 1.65 bits per heavy atom. The first-order valence-electron chi connectivity index (χ1n) is 5.71. The Morgan fingerprint density at radius 3 is 2.24 bits per heavy atom. The zero-order chi connectivity index (χ0) is 12.7. The summed E-state index contributed by atoms with van der Waals surface area (Å²) in [7, 11) is 0.105. The minimum absolute atomic E-state index is 0.297. The first-order chi connectivity index (χ1) is 7.82. The molecule has 2 heterocycles. The summed E-state index contributed by atoms with van der Waals surface area (Å²) in [5, 5.41) is 9.42. The number of aliphatic hydroxyl groups excluding tert-OH is 1.